The first-order valence-electron chi connectivity index (χ1n) is 6.23. The predicted molar refractivity (Wildman–Crippen MR) is 84.8 cm³/mol. The summed E-state index contributed by atoms with van der Waals surface area (Å²) in [6.07, 6.45) is 2.02. The van der Waals surface area contributed by atoms with Gasteiger partial charge in [0.2, 0.25) is 0 Å². The van der Waals surface area contributed by atoms with E-state index in [0.29, 0.717) is 22.1 Å². The molecule has 0 saturated heterocycles. The van der Waals surface area contributed by atoms with Crippen molar-refractivity contribution in [3.8, 4) is 11.8 Å². The first kappa shape index (κ1) is 15.5. The van der Waals surface area contributed by atoms with Crippen LogP contribution in [0, 0.1) is 18.8 Å². The van der Waals surface area contributed by atoms with E-state index in [1.54, 1.807) is 24.4 Å². The highest BCUT2D eigenvalue weighted by atomic mass is 35.5. The number of benzene rings is 1. The predicted octanol–water partition coefficient (Wildman–Crippen LogP) is 3.09. The number of aromatic nitrogens is 1. The maximum absolute atomic E-state index is 12.1. The molecule has 4 nitrogen and oxygen atoms in total. The fraction of sp³-hybridized carbons (Fsp3) is 0.200. The highest BCUT2D eigenvalue weighted by Gasteiger charge is 2.09. The van der Waals surface area contributed by atoms with Crippen LogP contribution in [0.5, 0.6) is 0 Å². The van der Waals surface area contributed by atoms with Gasteiger partial charge in [0.25, 0.3) is 5.91 Å². The molecule has 2 N–H and O–H groups in total. The van der Waals surface area contributed by atoms with Crippen molar-refractivity contribution in [2.75, 3.05) is 11.9 Å². The number of aliphatic hydroxyl groups excluding tert-OH is 1. The van der Waals surface area contributed by atoms with E-state index < -0.39 is 0 Å². The van der Waals surface area contributed by atoms with Gasteiger partial charge in [-0.2, -0.15) is 0 Å². The number of aryl methyl sites for hydroxylation is 1. The van der Waals surface area contributed by atoms with Gasteiger partial charge in [-0.1, -0.05) is 34.8 Å². The highest BCUT2D eigenvalue weighted by molar-refractivity contribution is 7.16. The fourth-order valence-corrected chi connectivity index (χ4v) is 2.35. The van der Waals surface area contributed by atoms with E-state index in [0.717, 1.165) is 10.4 Å². The Morgan fingerprint density at radius 2 is 2.33 bits per heavy atom. The largest absolute Gasteiger partial charge is 0.395 e. The SMILES string of the molecule is Cc1cc(C(=O)Nc2ncc(C#CCCO)s2)ccc1Cl. The fourth-order valence-electron chi connectivity index (χ4n) is 1.55. The van der Waals surface area contributed by atoms with Crippen molar-refractivity contribution in [3.05, 3.63) is 45.4 Å². The van der Waals surface area contributed by atoms with Crippen LogP contribution in [-0.2, 0) is 0 Å². The molecule has 108 valence electrons. The summed E-state index contributed by atoms with van der Waals surface area (Å²) < 4.78 is 0. The van der Waals surface area contributed by atoms with Crippen LogP contribution in [0.3, 0.4) is 0 Å². The maximum Gasteiger partial charge on any atom is 0.257 e. The second kappa shape index (κ2) is 7.23. The van der Waals surface area contributed by atoms with Crippen LogP contribution < -0.4 is 5.32 Å². The van der Waals surface area contributed by atoms with Crippen molar-refractivity contribution in [2.24, 2.45) is 0 Å². The number of hydrogen-bond acceptors (Lipinski definition) is 4. The minimum absolute atomic E-state index is 0.0331. The van der Waals surface area contributed by atoms with E-state index in [2.05, 4.69) is 22.1 Å². The number of thiazole rings is 1. The van der Waals surface area contributed by atoms with E-state index in [9.17, 15) is 4.79 Å². The number of nitrogens with zero attached hydrogens (tertiary/aromatic N) is 1. The van der Waals surface area contributed by atoms with Crippen molar-refractivity contribution >= 4 is 34.0 Å². The second-order valence-corrected chi connectivity index (χ2v) is 5.66. The molecule has 0 atom stereocenters. The lowest BCUT2D eigenvalue weighted by molar-refractivity contribution is 0.102. The Bertz CT molecular complexity index is 716. The molecule has 1 amide bonds. The van der Waals surface area contributed by atoms with Crippen molar-refractivity contribution in [3.63, 3.8) is 0 Å². The zero-order valence-electron chi connectivity index (χ0n) is 11.3. The number of carbonyl (C=O) groups excluding carboxylic acids is 1. The Morgan fingerprint density at radius 3 is 3.05 bits per heavy atom. The molecule has 1 heterocycles. The lowest BCUT2D eigenvalue weighted by atomic mass is 10.1. The standard InChI is InChI=1S/C15H13ClN2O2S/c1-10-8-11(5-6-13(10)16)14(20)18-15-17-9-12(21-15)4-2-3-7-19/h5-6,8-9,19H,3,7H2,1H3,(H,17,18,20). The number of halogens is 1. The zero-order chi connectivity index (χ0) is 15.2. The molecule has 1 aromatic carbocycles. The van der Waals surface area contributed by atoms with Gasteiger partial charge in [-0.05, 0) is 30.7 Å². The third kappa shape index (κ3) is 4.30. The van der Waals surface area contributed by atoms with Gasteiger partial charge < -0.3 is 5.11 Å². The number of rotatable bonds is 3. The molecule has 0 fully saturated rings. The summed E-state index contributed by atoms with van der Waals surface area (Å²) in [5, 5.41) is 12.5. The molecular formula is C15H13ClN2O2S. The van der Waals surface area contributed by atoms with Gasteiger partial charge in [0.05, 0.1) is 17.7 Å². The zero-order valence-corrected chi connectivity index (χ0v) is 12.9. The highest BCUT2D eigenvalue weighted by Crippen LogP contribution is 2.20. The average Bonchev–Trinajstić information content (AvgIpc) is 2.89. The van der Waals surface area contributed by atoms with Gasteiger partial charge in [-0.15, -0.1) is 0 Å². The molecule has 2 aromatic rings. The molecule has 0 bridgehead atoms. The summed E-state index contributed by atoms with van der Waals surface area (Å²) in [4.78, 5) is 16.9. The van der Waals surface area contributed by atoms with Crippen LogP contribution >= 0.6 is 22.9 Å². The topological polar surface area (TPSA) is 62.2 Å². The number of nitrogens with one attached hydrogen (secondary N) is 1. The van der Waals surface area contributed by atoms with Gasteiger partial charge >= 0.3 is 0 Å². The molecule has 0 saturated carbocycles. The van der Waals surface area contributed by atoms with Gasteiger partial charge in [0, 0.05) is 17.0 Å². The molecule has 6 heteroatoms. The van der Waals surface area contributed by atoms with Crippen LogP contribution in [0.1, 0.15) is 27.2 Å². The molecule has 0 spiro atoms. The smallest absolute Gasteiger partial charge is 0.257 e. The minimum Gasteiger partial charge on any atom is -0.395 e. The summed E-state index contributed by atoms with van der Waals surface area (Å²) in [6.45, 7) is 1.88. The number of anilines is 1. The molecule has 0 radical (unpaired) electrons. The molecule has 0 aliphatic carbocycles. The summed E-state index contributed by atoms with van der Waals surface area (Å²) in [5.74, 6) is 5.44. The van der Waals surface area contributed by atoms with Crippen molar-refractivity contribution < 1.29 is 9.90 Å². The second-order valence-electron chi connectivity index (χ2n) is 4.22. The quantitative estimate of drug-likeness (QED) is 0.854. The number of aliphatic hydroxyl groups is 1. The van der Waals surface area contributed by atoms with Gasteiger partial charge in [-0.3, -0.25) is 10.1 Å². The molecule has 2 rings (SSSR count). The number of hydrogen-bond donors (Lipinski definition) is 2. The lowest BCUT2D eigenvalue weighted by Crippen LogP contribution is -2.11. The van der Waals surface area contributed by atoms with Crippen LogP contribution in [0.4, 0.5) is 5.13 Å². The van der Waals surface area contributed by atoms with Gasteiger partial charge in [-0.25, -0.2) is 4.98 Å². The van der Waals surface area contributed by atoms with E-state index in [4.69, 9.17) is 16.7 Å². The Hall–Kier alpha value is -1.87. The minimum atomic E-state index is -0.237. The molecule has 1 aromatic heterocycles. The lowest BCUT2D eigenvalue weighted by Gasteiger charge is -2.03. The van der Waals surface area contributed by atoms with Crippen molar-refractivity contribution in [1.82, 2.24) is 4.98 Å². The average molecular weight is 321 g/mol. The van der Waals surface area contributed by atoms with Crippen molar-refractivity contribution in [2.45, 2.75) is 13.3 Å². The monoisotopic (exact) mass is 320 g/mol. The van der Waals surface area contributed by atoms with Crippen LogP contribution in [-0.4, -0.2) is 22.6 Å². The Balaban J connectivity index is 2.06. The first-order valence-corrected chi connectivity index (χ1v) is 7.42. The van der Waals surface area contributed by atoms with Crippen LogP contribution in [0.25, 0.3) is 0 Å². The molecule has 21 heavy (non-hydrogen) atoms. The summed E-state index contributed by atoms with van der Waals surface area (Å²) in [5.41, 5.74) is 1.37. The Kier molecular flexibility index (Phi) is 5.34. The van der Waals surface area contributed by atoms with Crippen LogP contribution in [0.15, 0.2) is 24.4 Å². The van der Waals surface area contributed by atoms with E-state index in [-0.39, 0.29) is 12.5 Å². The number of amides is 1. The molecule has 0 aliphatic heterocycles. The maximum atomic E-state index is 12.1. The Labute approximate surface area is 131 Å². The van der Waals surface area contributed by atoms with Crippen LogP contribution in [0.2, 0.25) is 5.02 Å². The third-order valence-corrected chi connectivity index (χ3v) is 3.85. The number of carbonyl (C=O) groups is 1. The third-order valence-electron chi connectivity index (χ3n) is 2.59. The van der Waals surface area contributed by atoms with Crippen molar-refractivity contribution in [1.29, 1.82) is 0 Å². The molecular weight excluding hydrogens is 308 g/mol. The molecule has 0 aliphatic rings. The molecule has 0 unspecified atom stereocenters. The normalized spacial score (nSPS) is 9.86. The first-order chi connectivity index (χ1) is 10.1. The van der Waals surface area contributed by atoms with E-state index >= 15 is 0 Å². The van der Waals surface area contributed by atoms with E-state index in [1.165, 1.54) is 11.3 Å². The Morgan fingerprint density at radius 1 is 1.52 bits per heavy atom. The summed E-state index contributed by atoms with van der Waals surface area (Å²) >= 11 is 7.22. The van der Waals surface area contributed by atoms with Gasteiger partial charge in [0.15, 0.2) is 5.13 Å². The summed E-state index contributed by atoms with van der Waals surface area (Å²) in [6, 6.07) is 5.09. The van der Waals surface area contributed by atoms with Gasteiger partial charge in [0.1, 0.15) is 0 Å². The summed E-state index contributed by atoms with van der Waals surface area (Å²) in [7, 11) is 0. The van der Waals surface area contributed by atoms with E-state index in [1.807, 2.05) is 6.92 Å².